The standard InChI is InChI=1S/C14H16N4OS/c1-20-14-17-12(15)8-13(18-14)16-10-6-7-19-11-5-3-2-4-9(10)11/h2-5,8,10H,6-7H2,1H3,(H3,15,16,17,18). The number of rotatable bonds is 3. The van der Waals surface area contributed by atoms with Gasteiger partial charge in [-0.2, -0.15) is 0 Å². The third kappa shape index (κ3) is 2.65. The van der Waals surface area contributed by atoms with Crippen molar-refractivity contribution < 1.29 is 4.74 Å². The predicted molar refractivity (Wildman–Crippen MR) is 81.1 cm³/mol. The van der Waals surface area contributed by atoms with Crippen LogP contribution in [0.15, 0.2) is 35.5 Å². The molecule has 0 saturated carbocycles. The molecule has 2 heterocycles. The van der Waals surface area contributed by atoms with Crippen molar-refractivity contribution in [2.75, 3.05) is 23.9 Å². The Morgan fingerprint density at radius 1 is 1.35 bits per heavy atom. The highest BCUT2D eigenvalue weighted by Crippen LogP contribution is 2.34. The van der Waals surface area contributed by atoms with Gasteiger partial charge in [-0.05, 0) is 12.3 Å². The van der Waals surface area contributed by atoms with E-state index in [2.05, 4.69) is 21.4 Å². The Labute approximate surface area is 122 Å². The predicted octanol–water partition coefficient (Wildman–Crippen LogP) is 2.72. The first-order chi connectivity index (χ1) is 9.76. The van der Waals surface area contributed by atoms with E-state index in [4.69, 9.17) is 10.5 Å². The van der Waals surface area contributed by atoms with Crippen molar-refractivity contribution >= 4 is 23.4 Å². The van der Waals surface area contributed by atoms with Crippen LogP contribution in [0.2, 0.25) is 0 Å². The Balaban J connectivity index is 1.87. The lowest BCUT2D eigenvalue weighted by Crippen LogP contribution is -2.21. The number of nitrogens with two attached hydrogens (primary N) is 1. The highest BCUT2D eigenvalue weighted by molar-refractivity contribution is 7.98. The average Bonchev–Trinajstić information content (AvgIpc) is 2.47. The number of benzene rings is 1. The van der Waals surface area contributed by atoms with Crippen LogP contribution < -0.4 is 15.8 Å². The van der Waals surface area contributed by atoms with Crippen LogP contribution in [0.3, 0.4) is 0 Å². The summed E-state index contributed by atoms with van der Waals surface area (Å²) < 4.78 is 5.66. The maximum atomic E-state index is 5.81. The van der Waals surface area contributed by atoms with Gasteiger partial charge in [0.05, 0.1) is 12.6 Å². The van der Waals surface area contributed by atoms with Crippen molar-refractivity contribution in [1.29, 1.82) is 0 Å². The van der Waals surface area contributed by atoms with Crippen molar-refractivity contribution in [1.82, 2.24) is 9.97 Å². The smallest absolute Gasteiger partial charge is 0.191 e. The second kappa shape index (κ2) is 5.58. The van der Waals surface area contributed by atoms with E-state index >= 15 is 0 Å². The molecule has 0 spiro atoms. The van der Waals surface area contributed by atoms with Crippen molar-refractivity contribution in [3.8, 4) is 5.75 Å². The number of thioether (sulfide) groups is 1. The molecule has 0 bridgehead atoms. The number of nitrogens with one attached hydrogen (secondary N) is 1. The maximum Gasteiger partial charge on any atom is 0.191 e. The Kier molecular flexibility index (Phi) is 3.64. The van der Waals surface area contributed by atoms with Crippen LogP contribution >= 0.6 is 11.8 Å². The van der Waals surface area contributed by atoms with E-state index in [1.54, 1.807) is 6.07 Å². The number of para-hydroxylation sites is 1. The third-order valence-corrected chi connectivity index (χ3v) is 3.74. The van der Waals surface area contributed by atoms with Crippen LogP contribution in [0.5, 0.6) is 5.75 Å². The molecule has 2 aromatic rings. The number of hydrogen-bond donors (Lipinski definition) is 2. The number of nitrogen functional groups attached to an aromatic ring is 1. The molecule has 3 rings (SSSR count). The van der Waals surface area contributed by atoms with E-state index < -0.39 is 0 Å². The minimum atomic E-state index is 0.184. The maximum absolute atomic E-state index is 5.81. The number of anilines is 2. The topological polar surface area (TPSA) is 73.1 Å². The summed E-state index contributed by atoms with van der Waals surface area (Å²) in [5, 5.41) is 4.10. The van der Waals surface area contributed by atoms with E-state index in [-0.39, 0.29) is 6.04 Å². The minimum absolute atomic E-state index is 0.184. The molecule has 1 aromatic carbocycles. The van der Waals surface area contributed by atoms with Gasteiger partial charge >= 0.3 is 0 Å². The fourth-order valence-electron chi connectivity index (χ4n) is 2.28. The molecule has 1 aliphatic heterocycles. The van der Waals surface area contributed by atoms with E-state index in [0.29, 0.717) is 17.6 Å². The Morgan fingerprint density at radius 3 is 3.05 bits per heavy atom. The minimum Gasteiger partial charge on any atom is -0.493 e. The number of aromatic nitrogens is 2. The molecule has 0 amide bonds. The number of ether oxygens (including phenoxy) is 1. The summed E-state index contributed by atoms with van der Waals surface area (Å²) in [7, 11) is 0. The van der Waals surface area contributed by atoms with Gasteiger partial charge in [0.15, 0.2) is 5.16 Å². The largest absolute Gasteiger partial charge is 0.493 e. The van der Waals surface area contributed by atoms with Crippen molar-refractivity contribution in [2.24, 2.45) is 0 Å². The lowest BCUT2D eigenvalue weighted by molar-refractivity contribution is 0.274. The zero-order valence-electron chi connectivity index (χ0n) is 11.2. The van der Waals surface area contributed by atoms with E-state index in [1.165, 1.54) is 11.8 Å². The monoisotopic (exact) mass is 288 g/mol. The summed E-state index contributed by atoms with van der Waals surface area (Å²) >= 11 is 1.48. The Hall–Kier alpha value is -1.95. The van der Waals surface area contributed by atoms with Crippen LogP contribution in [0.4, 0.5) is 11.6 Å². The number of nitrogens with zero attached hydrogens (tertiary/aromatic N) is 2. The Bertz CT molecular complexity index is 620. The summed E-state index contributed by atoms with van der Waals surface area (Å²) in [6.07, 6.45) is 2.83. The second-order valence-corrected chi connectivity index (χ2v) is 5.31. The van der Waals surface area contributed by atoms with Crippen LogP contribution in [0, 0.1) is 0 Å². The molecule has 0 saturated heterocycles. The molecule has 20 heavy (non-hydrogen) atoms. The molecular formula is C14H16N4OS. The second-order valence-electron chi connectivity index (χ2n) is 4.54. The first-order valence-electron chi connectivity index (χ1n) is 6.43. The third-order valence-electron chi connectivity index (χ3n) is 3.19. The number of fused-ring (bicyclic) bond motifs is 1. The SMILES string of the molecule is CSc1nc(N)cc(NC2CCOc3ccccc32)n1. The van der Waals surface area contributed by atoms with Crippen LogP contribution in [0.25, 0.3) is 0 Å². The molecule has 0 fully saturated rings. The summed E-state index contributed by atoms with van der Waals surface area (Å²) in [6.45, 7) is 0.699. The first-order valence-corrected chi connectivity index (χ1v) is 7.65. The normalized spacial score (nSPS) is 17.1. The van der Waals surface area contributed by atoms with Gasteiger partial charge in [-0.15, -0.1) is 0 Å². The summed E-state index contributed by atoms with van der Waals surface area (Å²) in [5.41, 5.74) is 6.96. The molecule has 1 atom stereocenters. The fraction of sp³-hybridized carbons (Fsp3) is 0.286. The van der Waals surface area contributed by atoms with E-state index in [0.717, 1.165) is 23.6 Å². The van der Waals surface area contributed by atoms with Crippen LogP contribution in [-0.2, 0) is 0 Å². The summed E-state index contributed by atoms with van der Waals surface area (Å²) in [4.78, 5) is 8.59. The quantitative estimate of drug-likeness (QED) is 0.668. The van der Waals surface area contributed by atoms with Gasteiger partial charge in [0.2, 0.25) is 0 Å². The van der Waals surface area contributed by atoms with E-state index in [1.807, 2.05) is 24.5 Å². The Morgan fingerprint density at radius 2 is 2.20 bits per heavy atom. The van der Waals surface area contributed by atoms with Crippen LogP contribution in [-0.4, -0.2) is 22.8 Å². The average molecular weight is 288 g/mol. The molecule has 1 aliphatic rings. The van der Waals surface area contributed by atoms with Gasteiger partial charge in [0.25, 0.3) is 0 Å². The highest BCUT2D eigenvalue weighted by atomic mass is 32.2. The van der Waals surface area contributed by atoms with Gasteiger partial charge in [-0.1, -0.05) is 30.0 Å². The molecule has 3 N–H and O–H groups in total. The molecule has 5 nitrogen and oxygen atoms in total. The van der Waals surface area contributed by atoms with Gasteiger partial charge in [-0.3, -0.25) is 0 Å². The first kappa shape index (κ1) is 13.1. The van der Waals surface area contributed by atoms with Crippen molar-refractivity contribution in [3.05, 3.63) is 35.9 Å². The van der Waals surface area contributed by atoms with Crippen molar-refractivity contribution in [2.45, 2.75) is 17.6 Å². The van der Waals surface area contributed by atoms with Crippen molar-refractivity contribution in [3.63, 3.8) is 0 Å². The lowest BCUT2D eigenvalue weighted by atomic mass is 10.0. The zero-order valence-corrected chi connectivity index (χ0v) is 12.0. The zero-order chi connectivity index (χ0) is 13.9. The van der Waals surface area contributed by atoms with Gasteiger partial charge in [0.1, 0.15) is 17.4 Å². The molecule has 1 aromatic heterocycles. The molecule has 0 aliphatic carbocycles. The number of hydrogen-bond acceptors (Lipinski definition) is 6. The highest BCUT2D eigenvalue weighted by Gasteiger charge is 2.21. The van der Waals surface area contributed by atoms with Gasteiger partial charge in [0, 0.05) is 18.1 Å². The molecule has 6 heteroatoms. The molecule has 1 unspecified atom stereocenters. The summed E-state index contributed by atoms with van der Waals surface area (Å²) in [5.74, 6) is 2.17. The molecule has 0 radical (unpaired) electrons. The summed E-state index contributed by atoms with van der Waals surface area (Å²) in [6, 6.07) is 10.0. The van der Waals surface area contributed by atoms with Crippen LogP contribution in [0.1, 0.15) is 18.0 Å². The lowest BCUT2D eigenvalue weighted by Gasteiger charge is -2.27. The fourth-order valence-corrected chi connectivity index (χ4v) is 2.67. The van der Waals surface area contributed by atoms with E-state index in [9.17, 15) is 0 Å². The van der Waals surface area contributed by atoms with Gasteiger partial charge < -0.3 is 15.8 Å². The molecule has 104 valence electrons. The molecular weight excluding hydrogens is 272 g/mol. The van der Waals surface area contributed by atoms with Gasteiger partial charge in [-0.25, -0.2) is 9.97 Å².